The third-order valence-electron chi connectivity index (χ3n) is 4.11. The number of ether oxygens (including phenoxy) is 2. The molecule has 0 spiro atoms. The van der Waals surface area contributed by atoms with Crippen LogP contribution in [0.15, 0.2) is 12.1 Å². The van der Waals surface area contributed by atoms with Crippen LogP contribution in [0.4, 0.5) is 0 Å². The fraction of sp³-hybridized carbons (Fsp3) is 0.625. The topological polar surface area (TPSA) is 140 Å². The van der Waals surface area contributed by atoms with Crippen molar-refractivity contribution in [3.63, 3.8) is 0 Å². The summed E-state index contributed by atoms with van der Waals surface area (Å²) in [4.78, 5) is 0. The fourth-order valence-electron chi connectivity index (χ4n) is 2.76. The van der Waals surface area contributed by atoms with Gasteiger partial charge in [-0.3, -0.25) is 0 Å². The van der Waals surface area contributed by atoms with Crippen LogP contribution in [0.1, 0.15) is 24.5 Å². The molecular formula is C16H24O8. The average molecular weight is 344 g/mol. The second-order valence-corrected chi connectivity index (χ2v) is 5.76. The minimum absolute atomic E-state index is 0.0297. The van der Waals surface area contributed by atoms with Gasteiger partial charge in [-0.15, -0.1) is 0 Å². The maximum Gasteiger partial charge on any atom is 0.229 e. The second kappa shape index (κ2) is 8.11. The first-order chi connectivity index (χ1) is 11.4. The van der Waals surface area contributed by atoms with E-state index < -0.39 is 43.9 Å². The molecule has 24 heavy (non-hydrogen) atoms. The predicted molar refractivity (Wildman–Crippen MR) is 82.4 cm³/mol. The Labute approximate surface area is 139 Å². The molecule has 1 saturated heterocycles. The van der Waals surface area contributed by atoms with Crippen molar-refractivity contribution < 1.29 is 40.1 Å². The van der Waals surface area contributed by atoms with Gasteiger partial charge in [-0.2, -0.15) is 0 Å². The van der Waals surface area contributed by atoms with Gasteiger partial charge in [0.2, 0.25) is 6.29 Å². The fourth-order valence-corrected chi connectivity index (χ4v) is 2.76. The van der Waals surface area contributed by atoms with E-state index in [9.17, 15) is 30.6 Å². The van der Waals surface area contributed by atoms with Gasteiger partial charge in [0.05, 0.1) is 13.2 Å². The highest BCUT2D eigenvalue weighted by atomic mass is 16.7. The number of phenols is 1. The molecule has 0 aliphatic carbocycles. The lowest BCUT2D eigenvalue weighted by Crippen LogP contribution is -2.60. The van der Waals surface area contributed by atoms with E-state index >= 15 is 0 Å². The molecule has 5 atom stereocenters. The molecule has 1 fully saturated rings. The summed E-state index contributed by atoms with van der Waals surface area (Å²) in [5.41, 5.74) is 0.885. The number of hydrogen-bond acceptors (Lipinski definition) is 8. The quantitative estimate of drug-likeness (QED) is 0.387. The van der Waals surface area contributed by atoms with Crippen LogP contribution in [0.2, 0.25) is 0 Å². The molecule has 1 aliphatic heterocycles. The van der Waals surface area contributed by atoms with Gasteiger partial charge in [0, 0.05) is 11.1 Å². The Morgan fingerprint density at radius 1 is 1.04 bits per heavy atom. The van der Waals surface area contributed by atoms with E-state index in [1.54, 1.807) is 0 Å². The standard InChI is InChI=1S/C16H24O8/c1-2-3-8-9(6-17)11(5-4-10(8)19)23-16-15(22)14(21)13(20)12(7-18)24-16/h4-5,12-22H,2-3,6-7H2,1H3/t12-,13+,14+,15-,16+/m0/s1. The second-order valence-electron chi connectivity index (χ2n) is 5.76. The van der Waals surface area contributed by atoms with Gasteiger partial charge in [-0.05, 0) is 18.6 Å². The monoisotopic (exact) mass is 344 g/mol. The first-order valence-corrected chi connectivity index (χ1v) is 7.86. The van der Waals surface area contributed by atoms with E-state index in [0.717, 1.165) is 6.42 Å². The van der Waals surface area contributed by atoms with E-state index in [-0.39, 0.29) is 11.5 Å². The molecule has 1 aromatic carbocycles. The molecule has 0 aromatic heterocycles. The summed E-state index contributed by atoms with van der Waals surface area (Å²) in [7, 11) is 0. The van der Waals surface area contributed by atoms with Crippen LogP contribution < -0.4 is 4.74 Å². The van der Waals surface area contributed by atoms with Gasteiger partial charge in [-0.25, -0.2) is 0 Å². The predicted octanol–water partition coefficient (Wildman–Crippen LogP) is -0.984. The van der Waals surface area contributed by atoms with E-state index in [0.29, 0.717) is 17.5 Å². The summed E-state index contributed by atoms with van der Waals surface area (Å²) in [6, 6.07) is 2.82. The molecular weight excluding hydrogens is 320 g/mol. The lowest BCUT2D eigenvalue weighted by Gasteiger charge is -2.39. The van der Waals surface area contributed by atoms with Gasteiger partial charge in [0.1, 0.15) is 35.9 Å². The molecule has 0 bridgehead atoms. The summed E-state index contributed by atoms with van der Waals surface area (Å²) in [5.74, 6) is 0.213. The van der Waals surface area contributed by atoms with Crippen LogP contribution in [-0.4, -0.2) is 68.0 Å². The highest BCUT2D eigenvalue weighted by Crippen LogP contribution is 2.33. The smallest absolute Gasteiger partial charge is 0.229 e. The molecule has 1 aliphatic rings. The van der Waals surface area contributed by atoms with Gasteiger partial charge in [-0.1, -0.05) is 13.3 Å². The minimum Gasteiger partial charge on any atom is -0.508 e. The Morgan fingerprint density at radius 2 is 1.75 bits per heavy atom. The zero-order valence-electron chi connectivity index (χ0n) is 13.4. The third-order valence-corrected chi connectivity index (χ3v) is 4.11. The molecule has 0 radical (unpaired) electrons. The lowest BCUT2D eigenvalue weighted by atomic mass is 9.99. The highest BCUT2D eigenvalue weighted by molar-refractivity contribution is 5.48. The summed E-state index contributed by atoms with van der Waals surface area (Å²) in [6.07, 6.45) is -5.73. The summed E-state index contributed by atoms with van der Waals surface area (Å²) in [5, 5.41) is 58.3. The number of aliphatic hydroxyl groups excluding tert-OH is 5. The molecule has 1 aromatic rings. The number of hydrogen-bond donors (Lipinski definition) is 6. The third kappa shape index (κ3) is 3.64. The van der Waals surface area contributed by atoms with Crippen molar-refractivity contribution in [2.24, 2.45) is 0 Å². The summed E-state index contributed by atoms with van der Waals surface area (Å²) >= 11 is 0. The van der Waals surface area contributed by atoms with Crippen LogP contribution in [0.5, 0.6) is 11.5 Å². The van der Waals surface area contributed by atoms with Gasteiger partial charge < -0.3 is 40.1 Å². The molecule has 0 saturated carbocycles. The lowest BCUT2D eigenvalue weighted by molar-refractivity contribution is -0.277. The van der Waals surface area contributed by atoms with Crippen molar-refractivity contribution >= 4 is 0 Å². The molecule has 8 nitrogen and oxygen atoms in total. The minimum atomic E-state index is -1.55. The Bertz CT molecular complexity index is 547. The van der Waals surface area contributed by atoms with Gasteiger partial charge >= 0.3 is 0 Å². The maximum absolute atomic E-state index is 10.0. The molecule has 1 heterocycles. The Balaban J connectivity index is 2.28. The van der Waals surface area contributed by atoms with Crippen molar-refractivity contribution in [2.45, 2.75) is 57.1 Å². The molecule has 6 N–H and O–H groups in total. The maximum atomic E-state index is 10.0. The molecule has 0 amide bonds. The first kappa shape index (κ1) is 18.9. The number of rotatable bonds is 6. The van der Waals surface area contributed by atoms with E-state index in [2.05, 4.69) is 0 Å². The zero-order chi connectivity index (χ0) is 17.9. The number of aromatic hydroxyl groups is 1. The van der Waals surface area contributed by atoms with Crippen molar-refractivity contribution in [3.05, 3.63) is 23.3 Å². The summed E-state index contributed by atoms with van der Waals surface area (Å²) in [6.45, 7) is 0.969. The van der Waals surface area contributed by atoms with Gasteiger partial charge in [0.25, 0.3) is 0 Å². The number of aliphatic hydroxyl groups is 5. The SMILES string of the molecule is CCCc1c(O)ccc(O[C@@H]2O[C@@H](CO)[C@@H](O)[C@@H](O)[C@@H]2O)c1CO. The van der Waals surface area contributed by atoms with E-state index in [4.69, 9.17) is 9.47 Å². The zero-order valence-corrected chi connectivity index (χ0v) is 13.4. The number of phenolic OH excluding ortho intramolecular Hbond substituents is 1. The molecule has 8 heteroatoms. The highest BCUT2D eigenvalue weighted by Gasteiger charge is 2.44. The van der Waals surface area contributed by atoms with Crippen LogP contribution in [0.25, 0.3) is 0 Å². The van der Waals surface area contributed by atoms with Crippen LogP contribution in [0, 0.1) is 0 Å². The van der Waals surface area contributed by atoms with E-state index in [1.165, 1.54) is 12.1 Å². The van der Waals surface area contributed by atoms with Crippen molar-refractivity contribution in [2.75, 3.05) is 6.61 Å². The Kier molecular flexibility index (Phi) is 6.39. The Morgan fingerprint density at radius 3 is 2.33 bits per heavy atom. The van der Waals surface area contributed by atoms with Crippen molar-refractivity contribution in [3.8, 4) is 11.5 Å². The van der Waals surface area contributed by atoms with Crippen LogP contribution in [-0.2, 0) is 17.8 Å². The molecule has 136 valence electrons. The van der Waals surface area contributed by atoms with Crippen LogP contribution >= 0.6 is 0 Å². The normalized spacial score (nSPS) is 30.3. The first-order valence-electron chi connectivity index (χ1n) is 7.86. The number of benzene rings is 1. The van der Waals surface area contributed by atoms with Gasteiger partial charge in [0.15, 0.2) is 0 Å². The van der Waals surface area contributed by atoms with Crippen LogP contribution in [0.3, 0.4) is 0 Å². The molecule has 0 unspecified atom stereocenters. The average Bonchev–Trinajstić information content (AvgIpc) is 2.58. The molecule has 2 rings (SSSR count). The largest absolute Gasteiger partial charge is 0.508 e. The van der Waals surface area contributed by atoms with E-state index in [1.807, 2.05) is 6.92 Å². The van der Waals surface area contributed by atoms with Crippen molar-refractivity contribution in [1.29, 1.82) is 0 Å². The summed E-state index contributed by atoms with van der Waals surface area (Å²) < 4.78 is 10.8. The van der Waals surface area contributed by atoms with Crippen molar-refractivity contribution in [1.82, 2.24) is 0 Å². The Hall–Kier alpha value is -1.42.